The van der Waals surface area contributed by atoms with Gasteiger partial charge in [-0.2, -0.15) is 13.2 Å². The molecule has 3 aromatic rings. The first kappa shape index (κ1) is 25.4. The summed E-state index contributed by atoms with van der Waals surface area (Å²) in [4.78, 5) is 18.8. The van der Waals surface area contributed by atoms with Crippen LogP contribution in [0.3, 0.4) is 0 Å². The van der Waals surface area contributed by atoms with Crippen LogP contribution < -0.4 is 10.0 Å². The molecule has 1 fully saturated rings. The van der Waals surface area contributed by atoms with Crippen LogP contribution in [0.5, 0.6) is 0 Å². The van der Waals surface area contributed by atoms with Gasteiger partial charge < -0.3 is 10.4 Å². The van der Waals surface area contributed by atoms with E-state index in [4.69, 9.17) is 5.11 Å². The molecule has 0 aliphatic heterocycles. The molecule has 0 radical (unpaired) electrons. The first-order valence-corrected chi connectivity index (χ1v) is 12.5. The Hall–Kier alpha value is -3.67. The molecule has 0 spiro atoms. The van der Waals surface area contributed by atoms with E-state index in [0.717, 1.165) is 6.07 Å². The molecule has 2 atom stereocenters. The molecule has 36 heavy (non-hydrogen) atoms. The van der Waals surface area contributed by atoms with E-state index in [0.29, 0.717) is 36.6 Å². The molecule has 1 saturated carbocycles. The minimum atomic E-state index is -4.69. The van der Waals surface area contributed by atoms with Crippen molar-refractivity contribution >= 4 is 27.6 Å². The number of nitrogens with one attached hydrogen (secondary N) is 2. The van der Waals surface area contributed by atoms with Crippen molar-refractivity contribution in [2.45, 2.75) is 43.3 Å². The third-order valence-electron chi connectivity index (χ3n) is 6.06. The van der Waals surface area contributed by atoms with Gasteiger partial charge in [0, 0.05) is 24.5 Å². The Balaban J connectivity index is 1.60. The van der Waals surface area contributed by atoms with E-state index in [9.17, 15) is 26.4 Å². The quantitative estimate of drug-likeness (QED) is 0.404. The first-order valence-electron chi connectivity index (χ1n) is 11.1. The smallest absolute Gasteiger partial charge is 0.418 e. The first-order chi connectivity index (χ1) is 16.9. The molecule has 1 aliphatic carbocycles. The van der Waals surface area contributed by atoms with Gasteiger partial charge in [0.15, 0.2) is 0 Å². The van der Waals surface area contributed by atoms with Crippen molar-refractivity contribution in [3.8, 4) is 11.1 Å². The van der Waals surface area contributed by atoms with Gasteiger partial charge in [-0.15, -0.1) is 0 Å². The number of carboxylic acids is 1. The van der Waals surface area contributed by atoms with Crippen molar-refractivity contribution in [3.05, 3.63) is 66.0 Å². The highest BCUT2D eigenvalue weighted by molar-refractivity contribution is 7.92. The summed E-state index contributed by atoms with van der Waals surface area (Å²) in [6, 6.07) is 9.90. The summed E-state index contributed by atoms with van der Waals surface area (Å²) < 4.78 is 69.3. The van der Waals surface area contributed by atoms with E-state index in [1.54, 1.807) is 25.1 Å². The molecule has 4 rings (SSSR count). The highest BCUT2D eigenvalue weighted by atomic mass is 32.2. The maximum Gasteiger partial charge on any atom is 0.418 e. The molecular weight excluding hydrogens is 497 g/mol. The minimum Gasteiger partial charge on any atom is -0.481 e. The number of anilines is 2. The van der Waals surface area contributed by atoms with Crippen molar-refractivity contribution in [1.29, 1.82) is 0 Å². The third-order valence-corrected chi connectivity index (χ3v) is 7.41. The molecule has 3 N–H and O–H groups in total. The standard InChI is InChI=1S/C24H23F3N4O4S/c1-14-4-2-3-5-18(14)19-12-22(29-13-20(19)24(25,26)27)31-36(34,35)17-8-9-28-21(11-17)30-16-7-6-15(10-16)23(32)33/h2-5,8-9,11-13,15-16H,6-7,10H2,1H3,(H,28,30)(H,29,31)(H,32,33). The third kappa shape index (κ3) is 5.59. The summed E-state index contributed by atoms with van der Waals surface area (Å²) in [5.41, 5.74) is -0.282. The number of carbonyl (C=O) groups is 1. The number of benzene rings is 1. The predicted molar refractivity (Wildman–Crippen MR) is 127 cm³/mol. The fourth-order valence-electron chi connectivity index (χ4n) is 4.23. The van der Waals surface area contributed by atoms with Crippen LogP contribution >= 0.6 is 0 Å². The van der Waals surface area contributed by atoms with Crippen LogP contribution in [0.25, 0.3) is 11.1 Å². The number of nitrogens with zero attached hydrogens (tertiary/aromatic N) is 2. The van der Waals surface area contributed by atoms with Gasteiger partial charge in [-0.1, -0.05) is 24.3 Å². The van der Waals surface area contributed by atoms with Gasteiger partial charge >= 0.3 is 12.1 Å². The number of sulfonamides is 1. The lowest BCUT2D eigenvalue weighted by Gasteiger charge is -2.17. The van der Waals surface area contributed by atoms with Crippen molar-refractivity contribution in [3.63, 3.8) is 0 Å². The number of carboxylic acid groups (broad SMARTS) is 1. The summed E-state index contributed by atoms with van der Waals surface area (Å²) in [7, 11) is -4.22. The second-order valence-corrected chi connectivity index (χ2v) is 10.3. The molecule has 0 saturated heterocycles. The Bertz CT molecular complexity index is 1400. The Morgan fingerprint density at radius 2 is 1.81 bits per heavy atom. The second kappa shape index (κ2) is 9.76. The van der Waals surface area contributed by atoms with Gasteiger partial charge in [-0.05, 0) is 55.0 Å². The number of rotatable bonds is 7. The summed E-state index contributed by atoms with van der Waals surface area (Å²) in [6.45, 7) is 1.66. The molecule has 1 aliphatic rings. The van der Waals surface area contributed by atoms with Crippen molar-refractivity contribution < 1.29 is 31.5 Å². The molecule has 0 amide bonds. The molecule has 2 unspecified atom stereocenters. The molecule has 8 nitrogen and oxygen atoms in total. The molecule has 2 heterocycles. The zero-order chi connectivity index (χ0) is 26.1. The normalized spacial score (nSPS) is 18.1. The van der Waals surface area contributed by atoms with Crippen LogP contribution in [-0.4, -0.2) is 35.5 Å². The highest BCUT2D eigenvalue weighted by Crippen LogP contribution is 2.39. The largest absolute Gasteiger partial charge is 0.481 e. The lowest BCUT2D eigenvalue weighted by molar-refractivity contribution is -0.141. The van der Waals surface area contributed by atoms with Gasteiger partial charge in [-0.25, -0.2) is 18.4 Å². The fourth-order valence-corrected chi connectivity index (χ4v) is 5.25. The minimum absolute atomic E-state index is 0.169. The van der Waals surface area contributed by atoms with E-state index in [-0.39, 0.29) is 28.1 Å². The monoisotopic (exact) mass is 520 g/mol. The summed E-state index contributed by atoms with van der Waals surface area (Å²) in [5.74, 6) is -1.37. The van der Waals surface area contributed by atoms with Crippen molar-refractivity contribution in [2.75, 3.05) is 10.0 Å². The van der Waals surface area contributed by atoms with Crippen LogP contribution in [-0.2, 0) is 21.0 Å². The molecular formula is C24H23F3N4O4S. The zero-order valence-electron chi connectivity index (χ0n) is 19.1. The van der Waals surface area contributed by atoms with Gasteiger partial charge in [0.2, 0.25) is 0 Å². The zero-order valence-corrected chi connectivity index (χ0v) is 19.9. The Morgan fingerprint density at radius 1 is 1.06 bits per heavy atom. The molecule has 0 bridgehead atoms. The fraction of sp³-hybridized carbons (Fsp3) is 0.292. The van der Waals surface area contributed by atoms with Crippen molar-refractivity contribution in [1.82, 2.24) is 9.97 Å². The Morgan fingerprint density at radius 3 is 2.47 bits per heavy atom. The molecule has 12 heteroatoms. The second-order valence-electron chi connectivity index (χ2n) is 8.60. The van der Waals surface area contributed by atoms with Gasteiger partial charge in [0.25, 0.3) is 10.0 Å². The number of halogens is 3. The molecule has 190 valence electrons. The van der Waals surface area contributed by atoms with Gasteiger partial charge in [0.1, 0.15) is 11.6 Å². The van der Waals surface area contributed by atoms with E-state index in [2.05, 4.69) is 20.0 Å². The number of aryl methyl sites for hydroxylation is 1. The number of hydrogen-bond donors (Lipinski definition) is 3. The molecule has 2 aromatic heterocycles. The van der Waals surface area contributed by atoms with E-state index in [1.165, 1.54) is 24.4 Å². The summed E-state index contributed by atoms with van der Waals surface area (Å²) in [6.07, 6.45) is -1.30. The molecule has 1 aromatic carbocycles. The number of aliphatic carboxylic acids is 1. The SMILES string of the molecule is Cc1ccccc1-c1cc(NS(=O)(=O)c2ccnc(NC3CCC(C(=O)O)C3)c2)ncc1C(F)(F)F. The maximum absolute atomic E-state index is 13.7. The summed E-state index contributed by atoms with van der Waals surface area (Å²) >= 11 is 0. The van der Waals surface area contributed by atoms with Crippen LogP contribution in [0, 0.1) is 12.8 Å². The topological polar surface area (TPSA) is 121 Å². The van der Waals surface area contributed by atoms with Gasteiger partial charge in [-0.3, -0.25) is 9.52 Å². The Labute approximate surface area is 205 Å². The van der Waals surface area contributed by atoms with Crippen LogP contribution in [0.1, 0.15) is 30.4 Å². The number of alkyl halides is 3. The lowest BCUT2D eigenvalue weighted by Crippen LogP contribution is -2.19. The predicted octanol–water partition coefficient (Wildman–Crippen LogP) is 4.94. The van der Waals surface area contributed by atoms with Crippen LogP contribution in [0.2, 0.25) is 0 Å². The Kier molecular flexibility index (Phi) is 6.90. The van der Waals surface area contributed by atoms with Crippen molar-refractivity contribution in [2.24, 2.45) is 5.92 Å². The van der Waals surface area contributed by atoms with E-state index < -0.39 is 33.7 Å². The van der Waals surface area contributed by atoms with E-state index in [1.807, 2.05) is 0 Å². The van der Waals surface area contributed by atoms with E-state index >= 15 is 0 Å². The number of hydrogen-bond acceptors (Lipinski definition) is 6. The average molecular weight is 521 g/mol. The number of aromatic nitrogens is 2. The number of pyridine rings is 2. The van der Waals surface area contributed by atoms with Crippen LogP contribution in [0.4, 0.5) is 24.8 Å². The van der Waals surface area contributed by atoms with Crippen LogP contribution in [0.15, 0.2) is 59.8 Å². The maximum atomic E-state index is 13.7. The van der Waals surface area contributed by atoms with Gasteiger partial charge in [0.05, 0.1) is 16.4 Å². The highest BCUT2D eigenvalue weighted by Gasteiger charge is 2.35. The average Bonchev–Trinajstić information content (AvgIpc) is 3.27. The summed E-state index contributed by atoms with van der Waals surface area (Å²) in [5, 5.41) is 12.2. The lowest BCUT2D eigenvalue weighted by atomic mass is 9.97.